The summed E-state index contributed by atoms with van der Waals surface area (Å²) in [5.74, 6) is 5.30. The molecule has 0 radical (unpaired) electrons. The lowest BCUT2D eigenvalue weighted by Gasteiger charge is -2.17. The van der Waals surface area contributed by atoms with Gasteiger partial charge in [-0.3, -0.25) is 9.80 Å². The monoisotopic (exact) mass is 126 g/mol. The first-order valence-electron chi connectivity index (χ1n) is 2.98. The fraction of sp³-hybridized carbons (Fsp3) is 0.500. The molecule has 0 spiro atoms. The van der Waals surface area contributed by atoms with Crippen LogP contribution in [-0.4, -0.2) is 17.5 Å². The number of hydrogen-bond donors (Lipinski definition) is 1. The Kier molecular flexibility index (Phi) is 1.85. The molecule has 1 aliphatic rings. The summed E-state index contributed by atoms with van der Waals surface area (Å²) < 4.78 is 0. The molecular weight excluding hydrogens is 116 g/mol. The molecule has 1 amide bonds. The molecule has 0 fully saturated rings. The number of nitrogens with zero attached hydrogens (tertiary/aromatic N) is 1. The van der Waals surface area contributed by atoms with Crippen LogP contribution in [0.1, 0.15) is 12.8 Å². The highest BCUT2D eigenvalue weighted by molar-refractivity contribution is 5.46. The maximum absolute atomic E-state index is 10.1. The van der Waals surface area contributed by atoms with Gasteiger partial charge >= 0.3 is 0 Å². The molecule has 0 aromatic rings. The minimum Gasteiger partial charge on any atom is -0.280 e. The van der Waals surface area contributed by atoms with Crippen LogP contribution in [0.5, 0.6) is 0 Å². The highest BCUT2D eigenvalue weighted by atomic mass is 16.1. The van der Waals surface area contributed by atoms with Gasteiger partial charge in [-0.1, -0.05) is 12.2 Å². The maximum Gasteiger partial charge on any atom is 0.223 e. The molecule has 9 heavy (non-hydrogen) atoms. The van der Waals surface area contributed by atoms with Crippen molar-refractivity contribution in [2.24, 2.45) is 5.84 Å². The van der Waals surface area contributed by atoms with E-state index in [-0.39, 0.29) is 6.04 Å². The van der Waals surface area contributed by atoms with Gasteiger partial charge in [-0.05, 0) is 12.8 Å². The molecule has 0 aromatic carbocycles. The molecule has 3 heteroatoms. The second kappa shape index (κ2) is 2.64. The van der Waals surface area contributed by atoms with E-state index in [4.69, 9.17) is 5.84 Å². The molecule has 0 bridgehead atoms. The van der Waals surface area contributed by atoms with Crippen molar-refractivity contribution in [3.63, 3.8) is 0 Å². The van der Waals surface area contributed by atoms with E-state index in [9.17, 15) is 4.79 Å². The summed E-state index contributed by atoms with van der Waals surface area (Å²) in [6, 6.07) is 0.211. The third kappa shape index (κ3) is 1.29. The van der Waals surface area contributed by atoms with Gasteiger partial charge in [0.15, 0.2) is 0 Å². The minimum absolute atomic E-state index is 0.211. The van der Waals surface area contributed by atoms with Gasteiger partial charge in [0.2, 0.25) is 6.41 Å². The fourth-order valence-corrected chi connectivity index (χ4v) is 0.932. The van der Waals surface area contributed by atoms with Crippen molar-refractivity contribution >= 4 is 6.41 Å². The van der Waals surface area contributed by atoms with Crippen LogP contribution in [0, 0.1) is 0 Å². The summed E-state index contributed by atoms with van der Waals surface area (Å²) in [6.07, 6.45) is 6.53. The van der Waals surface area contributed by atoms with E-state index in [2.05, 4.69) is 0 Å². The van der Waals surface area contributed by atoms with E-state index >= 15 is 0 Å². The number of rotatable bonds is 2. The largest absolute Gasteiger partial charge is 0.280 e. The summed E-state index contributed by atoms with van der Waals surface area (Å²) in [6.45, 7) is 0. The Morgan fingerprint density at radius 1 is 1.56 bits per heavy atom. The highest BCUT2D eigenvalue weighted by Crippen LogP contribution is 2.12. The van der Waals surface area contributed by atoms with Crippen LogP contribution in [-0.2, 0) is 4.79 Å². The Morgan fingerprint density at radius 2 is 2.11 bits per heavy atom. The zero-order valence-electron chi connectivity index (χ0n) is 5.16. The average Bonchev–Trinajstić information content (AvgIpc) is 2.37. The molecule has 0 aromatic heterocycles. The van der Waals surface area contributed by atoms with E-state index in [0.29, 0.717) is 6.41 Å². The normalized spacial score (nSPS) is 18.3. The summed E-state index contributed by atoms with van der Waals surface area (Å²) in [4.78, 5) is 10.1. The Hall–Kier alpha value is -0.830. The van der Waals surface area contributed by atoms with E-state index in [1.165, 1.54) is 5.01 Å². The summed E-state index contributed by atoms with van der Waals surface area (Å²) >= 11 is 0. The van der Waals surface area contributed by atoms with Gasteiger partial charge in [-0.2, -0.15) is 0 Å². The quantitative estimate of drug-likeness (QED) is 0.187. The Labute approximate surface area is 54.1 Å². The SMILES string of the molecule is NN(C=O)C1CC=CC1. The van der Waals surface area contributed by atoms with Crippen molar-refractivity contribution in [1.82, 2.24) is 5.01 Å². The molecule has 0 atom stereocenters. The Morgan fingerprint density at radius 3 is 2.56 bits per heavy atom. The summed E-state index contributed by atoms with van der Waals surface area (Å²) in [5, 5.41) is 1.22. The molecule has 2 N–H and O–H groups in total. The topological polar surface area (TPSA) is 46.3 Å². The van der Waals surface area contributed by atoms with E-state index in [1.807, 2.05) is 12.2 Å². The molecule has 1 rings (SSSR count). The van der Waals surface area contributed by atoms with Gasteiger partial charge in [0.1, 0.15) is 0 Å². The number of carbonyl (C=O) groups excluding carboxylic acids is 1. The first-order chi connectivity index (χ1) is 4.34. The van der Waals surface area contributed by atoms with E-state index in [1.54, 1.807) is 0 Å². The fourth-order valence-electron chi connectivity index (χ4n) is 0.932. The van der Waals surface area contributed by atoms with Gasteiger partial charge in [-0.25, -0.2) is 5.84 Å². The molecule has 0 unspecified atom stereocenters. The first kappa shape index (κ1) is 6.29. The molecular formula is C6H10N2O. The molecule has 0 aliphatic heterocycles. The highest BCUT2D eigenvalue weighted by Gasteiger charge is 2.13. The van der Waals surface area contributed by atoms with Gasteiger partial charge in [0.05, 0.1) is 6.04 Å². The smallest absolute Gasteiger partial charge is 0.223 e. The van der Waals surface area contributed by atoms with Crippen molar-refractivity contribution in [3.05, 3.63) is 12.2 Å². The van der Waals surface area contributed by atoms with Crippen LogP contribution < -0.4 is 5.84 Å². The predicted octanol–water partition coefficient (Wildman–Crippen LogP) is 0.0371. The number of hydrogen-bond acceptors (Lipinski definition) is 2. The zero-order chi connectivity index (χ0) is 6.69. The minimum atomic E-state index is 0.211. The molecule has 3 nitrogen and oxygen atoms in total. The number of amides is 1. The predicted molar refractivity (Wildman–Crippen MR) is 34.3 cm³/mol. The van der Waals surface area contributed by atoms with Gasteiger partial charge < -0.3 is 0 Å². The number of carbonyl (C=O) groups is 1. The third-order valence-corrected chi connectivity index (χ3v) is 1.53. The molecule has 1 aliphatic carbocycles. The van der Waals surface area contributed by atoms with Crippen LogP contribution in [0.4, 0.5) is 0 Å². The maximum atomic E-state index is 10.1. The molecule has 0 saturated carbocycles. The van der Waals surface area contributed by atoms with Gasteiger partial charge in [0, 0.05) is 0 Å². The van der Waals surface area contributed by atoms with Crippen molar-refractivity contribution in [2.75, 3.05) is 0 Å². The number of hydrazine groups is 1. The zero-order valence-corrected chi connectivity index (χ0v) is 5.16. The van der Waals surface area contributed by atoms with Crippen molar-refractivity contribution in [3.8, 4) is 0 Å². The van der Waals surface area contributed by atoms with Crippen LogP contribution in [0.15, 0.2) is 12.2 Å². The summed E-state index contributed by atoms with van der Waals surface area (Å²) in [7, 11) is 0. The van der Waals surface area contributed by atoms with Gasteiger partial charge in [-0.15, -0.1) is 0 Å². The van der Waals surface area contributed by atoms with Crippen molar-refractivity contribution in [1.29, 1.82) is 0 Å². The lowest BCUT2D eigenvalue weighted by atomic mass is 10.2. The second-order valence-corrected chi connectivity index (χ2v) is 2.15. The van der Waals surface area contributed by atoms with Crippen LogP contribution in [0.3, 0.4) is 0 Å². The first-order valence-corrected chi connectivity index (χ1v) is 2.98. The molecule has 0 heterocycles. The second-order valence-electron chi connectivity index (χ2n) is 2.15. The van der Waals surface area contributed by atoms with Gasteiger partial charge in [0.25, 0.3) is 0 Å². The van der Waals surface area contributed by atoms with Crippen molar-refractivity contribution < 1.29 is 4.79 Å². The summed E-state index contributed by atoms with van der Waals surface area (Å²) in [5.41, 5.74) is 0. The Balaban J connectivity index is 2.35. The third-order valence-electron chi connectivity index (χ3n) is 1.53. The standard InChI is InChI=1S/C6H10N2O/c7-8(5-9)6-3-1-2-4-6/h1-2,5-6H,3-4,7H2. The van der Waals surface area contributed by atoms with Crippen molar-refractivity contribution in [2.45, 2.75) is 18.9 Å². The lowest BCUT2D eigenvalue weighted by Crippen LogP contribution is -2.38. The Bertz CT molecular complexity index is 125. The van der Waals surface area contributed by atoms with Crippen LogP contribution in [0.2, 0.25) is 0 Å². The van der Waals surface area contributed by atoms with E-state index < -0.39 is 0 Å². The lowest BCUT2D eigenvalue weighted by molar-refractivity contribution is -0.120. The number of nitrogens with two attached hydrogens (primary N) is 1. The van der Waals surface area contributed by atoms with E-state index in [0.717, 1.165) is 12.8 Å². The average molecular weight is 126 g/mol. The molecule has 50 valence electrons. The van der Waals surface area contributed by atoms with Crippen LogP contribution >= 0.6 is 0 Å². The molecule has 0 saturated heterocycles. The van der Waals surface area contributed by atoms with Crippen LogP contribution in [0.25, 0.3) is 0 Å².